The molecule has 0 spiro atoms. The first kappa shape index (κ1) is 17.3. The molecule has 0 unspecified atom stereocenters. The van der Waals surface area contributed by atoms with E-state index in [0.717, 1.165) is 12.1 Å². The van der Waals surface area contributed by atoms with Crippen molar-refractivity contribution in [3.8, 4) is 5.75 Å². The van der Waals surface area contributed by atoms with Gasteiger partial charge in [0, 0.05) is 37.3 Å². The third kappa shape index (κ3) is 3.30. The molecule has 27 heavy (non-hydrogen) atoms. The molecule has 1 aromatic carbocycles. The van der Waals surface area contributed by atoms with E-state index >= 15 is 0 Å². The summed E-state index contributed by atoms with van der Waals surface area (Å²) in [6, 6.07) is 12.1. The fourth-order valence-corrected chi connectivity index (χ4v) is 4.03. The summed E-state index contributed by atoms with van der Waals surface area (Å²) in [5.41, 5.74) is -0.189. The second-order valence-electron chi connectivity index (χ2n) is 7.02. The van der Waals surface area contributed by atoms with Crippen molar-refractivity contribution in [2.24, 2.45) is 5.92 Å². The van der Waals surface area contributed by atoms with E-state index in [1.165, 1.54) is 10.6 Å². The van der Waals surface area contributed by atoms with Gasteiger partial charge in [0.15, 0.2) is 6.61 Å². The van der Waals surface area contributed by atoms with E-state index in [9.17, 15) is 19.7 Å². The van der Waals surface area contributed by atoms with Crippen LogP contribution in [0.15, 0.2) is 47.3 Å². The third-order valence-electron chi connectivity index (χ3n) is 5.24. The summed E-state index contributed by atoms with van der Waals surface area (Å²) in [6.07, 6.45) is 0.876. The lowest BCUT2D eigenvalue weighted by molar-refractivity contribution is -0.386. The lowest BCUT2D eigenvalue weighted by atomic mass is 9.83. The van der Waals surface area contributed by atoms with Crippen molar-refractivity contribution in [2.75, 3.05) is 19.7 Å². The molecule has 8 nitrogen and oxygen atoms in total. The van der Waals surface area contributed by atoms with Crippen LogP contribution < -0.4 is 10.3 Å². The molecule has 2 aliphatic heterocycles. The fraction of sp³-hybridized carbons (Fsp3) is 0.368. The lowest BCUT2D eigenvalue weighted by Gasteiger charge is -2.42. The first-order valence-electron chi connectivity index (χ1n) is 8.86. The first-order chi connectivity index (χ1) is 13.0. The van der Waals surface area contributed by atoms with Gasteiger partial charge in [-0.15, -0.1) is 0 Å². The van der Waals surface area contributed by atoms with Gasteiger partial charge in [0.2, 0.25) is 0 Å². The number of ether oxygens (including phenoxy) is 1. The van der Waals surface area contributed by atoms with Crippen LogP contribution in [0.5, 0.6) is 5.75 Å². The van der Waals surface area contributed by atoms with Crippen LogP contribution in [0.3, 0.4) is 0 Å². The maximum atomic E-state index is 12.6. The van der Waals surface area contributed by atoms with Gasteiger partial charge in [-0.2, -0.15) is 0 Å². The van der Waals surface area contributed by atoms with Gasteiger partial charge in [-0.1, -0.05) is 18.2 Å². The second-order valence-corrected chi connectivity index (χ2v) is 7.02. The number of piperidine rings is 1. The van der Waals surface area contributed by atoms with Crippen molar-refractivity contribution in [3.63, 3.8) is 0 Å². The Balaban J connectivity index is 1.49. The number of nitro groups is 1. The van der Waals surface area contributed by atoms with E-state index in [2.05, 4.69) is 0 Å². The van der Waals surface area contributed by atoms with Crippen LogP contribution in [0.1, 0.15) is 18.0 Å². The van der Waals surface area contributed by atoms with Crippen LogP contribution in [-0.2, 0) is 11.3 Å². The zero-order valence-electron chi connectivity index (χ0n) is 14.6. The number of aromatic nitrogens is 1. The summed E-state index contributed by atoms with van der Waals surface area (Å²) in [5, 5.41) is 11.0. The van der Waals surface area contributed by atoms with Gasteiger partial charge in [0.1, 0.15) is 5.75 Å². The molecule has 1 aromatic heterocycles. The third-order valence-corrected chi connectivity index (χ3v) is 5.24. The van der Waals surface area contributed by atoms with Gasteiger partial charge in [0.05, 0.1) is 4.92 Å². The molecule has 2 aliphatic rings. The summed E-state index contributed by atoms with van der Waals surface area (Å²) in [6.45, 7) is 1.39. The van der Waals surface area contributed by atoms with Crippen LogP contribution in [-0.4, -0.2) is 40.0 Å². The van der Waals surface area contributed by atoms with Crippen molar-refractivity contribution in [2.45, 2.75) is 18.9 Å². The van der Waals surface area contributed by atoms with Crippen molar-refractivity contribution in [1.82, 2.24) is 9.47 Å². The molecule has 8 heteroatoms. The Hall–Kier alpha value is -3.16. The number of carbonyl (C=O) groups is 1. The normalized spacial score (nSPS) is 20.7. The SMILES string of the molecule is O=C(COc1ccccc1)N1C[C@H]2C[C@@H](C1)c1ccc([N+](=O)[O-])c(=O)n1C2. The maximum Gasteiger partial charge on any atom is 0.334 e. The predicted octanol–water partition coefficient (Wildman–Crippen LogP) is 1.78. The van der Waals surface area contributed by atoms with E-state index in [1.54, 1.807) is 23.1 Å². The van der Waals surface area contributed by atoms with Crippen LogP contribution >= 0.6 is 0 Å². The molecule has 4 rings (SSSR count). The molecular formula is C19H19N3O5. The molecule has 0 N–H and O–H groups in total. The molecule has 3 heterocycles. The Morgan fingerprint density at radius 1 is 1.15 bits per heavy atom. The van der Waals surface area contributed by atoms with Gasteiger partial charge in [0.25, 0.3) is 5.91 Å². The zero-order valence-corrected chi connectivity index (χ0v) is 14.6. The highest BCUT2D eigenvalue weighted by Gasteiger charge is 2.37. The number of likely N-dealkylation sites (tertiary alicyclic amines) is 1. The molecule has 1 amide bonds. The molecule has 2 aromatic rings. The number of nitrogens with zero attached hydrogens (tertiary/aromatic N) is 3. The Morgan fingerprint density at radius 3 is 2.67 bits per heavy atom. The Bertz CT molecular complexity index is 940. The smallest absolute Gasteiger partial charge is 0.334 e. The molecule has 0 radical (unpaired) electrons. The molecular weight excluding hydrogens is 350 g/mol. The number of rotatable bonds is 4. The van der Waals surface area contributed by atoms with Crippen LogP contribution in [0.4, 0.5) is 5.69 Å². The van der Waals surface area contributed by atoms with Crippen LogP contribution in [0.2, 0.25) is 0 Å². The number of hydrogen-bond acceptors (Lipinski definition) is 5. The zero-order chi connectivity index (χ0) is 19.0. The number of amides is 1. The van der Waals surface area contributed by atoms with Gasteiger partial charge in [-0.3, -0.25) is 19.7 Å². The largest absolute Gasteiger partial charge is 0.484 e. The summed E-state index contributed by atoms with van der Waals surface area (Å²) in [4.78, 5) is 37.1. The Labute approximate surface area is 155 Å². The Kier molecular flexibility index (Phi) is 4.39. The average molecular weight is 369 g/mol. The minimum absolute atomic E-state index is 0.00618. The van der Waals surface area contributed by atoms with Crippen molar-refractivity contribution in [1.29, 1.82) is 0 Å². The minimum Gasteiger partial charge on any atom is -0.484 e. The molecule has 0 aliphatic carbocycles. The summed E-state index contributed by atoms with van der Waals surface area (Å²) in [5.74, 6) is 0.668. The van der Waals surface area contributed by atoms with Crippen LogP contribution in [0, 0.1) is 16.0 Å². The molecule has 2 atom stereocenters. The summed E-state index contributed by atoms with van der Waals surface area (Å²) >= 11 is 0. The highest BCUT2D eigenvalue weighted by Crippen LogP contribution is 2.35. The molecule has 1 fully saturated rings. The van der Waals surface area contributed by atoms with E-state index in [0.29, 0.717) is 25.4 Å². The van der Waals surface area contributed by atoms with Gasteiger partial charge in [-0.05, 0) is 30.5 Å². The lowest BCUT2D eigenvalue weighted by Crippen LogP contribution is -2.50. The van der Waals surface area contributed by atoms with Crippen molar-refractivity contribution >= 4 is 11.6 Å². The van der Waals surface area contributed by atoms with Crippen molar-refractivity contribution in [3.05, 3.63) is 68.6 Å². The number of benzene rings is 1. The first-order valence-corrected chi connectivity index (χ1v) is 8.86. The van der Waals surface area contributed by atoms with Gasteiger partial charge < -0.3 is 14.2 Å². The van der Waals surface area contributed by atoms with Crippen molar-refractivity contribution < 1.29 is 14.5 Å². The summed E-state index contributed by atoms with van der Waals surface area (Å²) < 4.78 is 7.07. The number of carbonyl (C=O) groups excluding carboxylic acids is 1. The monoisotopic (exact) mass is 369 g/mol. The topological polar surface area (TPSA) is 94.7 Å². The Morgan fingerprint density at radius 2 is 1.93 bits per heavy atom. The molecule has 0 saturated carbocycles. The molecule has 2 bridgehead atoms. The second kappa shape index (κ2) is 6.86. The summed E-state index contributed by atoms with van der Waals surface area (Å²) in [7, 11) is 0. The van der Waals surface area contributed by atoms with Gasteiger partial charge >= 0.3 is 11.2 Å². The van der Waals surface area contributed by atoms with E-state index in [4.69, 9.17) is 4.74 Å². The number of pyridine rings is 1. The average Bonchev–Trinajstić information content (AvgIpc) is 2.67. The minimum atomic E-state index is -0.642. The predicted molar refractivity (Wildman–Crippen MR) is 96.7 cm³/mol. The highest BCUT2D eigenvalue weighted by atomic mass is 16.6. The number of fused-ring (bicyclic) bond motifs is 4. The molecule has 140 valence electrons. The highest BCUT2D eigenvalue weighted by molar-refractivity contribution is 5.78. The molecule has 1 saturated heterocycles. The van der Waals surface area contributed by atoms with E-state index in [-0.39, 0.29) is 24.3 Å². The standard InChI is InChI=1S/C19H19N3O5/c23-18(12-27-15-4-2-1-3-5-15)20-9-13-8-14(11-20)16-6-7-17(22(25)26)19(24)21(16)10-13/h1-7,13-14H,8-12H2/t13-,14+/m1/s1. The number of para-hydroxylation sites is 1. The van der Waals surface area contributed by atoms with Crippen LogP contribution in [0.25, 0.3) is 0 Å². The fourth-order valence-electron chi connectivity index (χ4n) is 4.03. The van der Waals surface area contributed by atoms with E-state index in [1.807, 2.05) is 18.2 Å². The number of hydrogen-bond donors (Lipinski definition) is 0. The maximum absolute atomic E-state index is 12.6. The van der Waals surface area contributed by atoms with E-state index < -0.39 is 16.2 Å². The quantitative estimate of drug-likeness (QED) is 0.605. The van der Waals surface area contributed by atoms with Gasteiger partial charge in [-0.25, -0.2) is 0 Å².